The van der Waals surface area contributed by atoms with Crippen molar-refractivity contribution in [2.45, 2.75) is 20.8 Å². The highest BCUT2D eigenvalue weighted by Crippen LogP contribution is 2.41. The maximum absolute atomic E-state index is 10.9. The van der Waals surface area contributed by atoms with Gasteiger partial charge in [0, 0.05) is 21.8 Å². The van der Waals surface area contributed by atoms with Crippen LogP contribution < -0.4 is 5.73 Å². The molecule has 0 fully saturated rings. The zero-order chi connectivity index (χ0) is 24.5. The number of azo groups is 2. The van der Waals surface area contributed by atoms with Crippen LogP contribution in [0.5, 0.6) is 5.75 Å². The molecule has 0 bridgehead atoms. The predicted octanol–water partition coefficient (Wildman–Crippen LogP) is 9.04. The number of rotatable bonds is 4. The second kappa shape index (κ2) is 8.99. The van der Waals surface area contributed by atoms with E-state index in [1.54, 1.807) is 6.07 Å². The third-order valence-corrected chi connectivity index (χ3v) is 5.99. The highest BCUT2D eigenvalue weighted by molar-refractivity contribution is 6.00. The standard InChI is InChI=1S/C29H25N5O/c1-17-4-9-22(10-5-17)31-32-26-12-13-27(25-14-18(2)6-11-23(25)26)33-34-28-19(3)15-20-7-8-21(30)16-24(20)29(28)35/h4-16,35H,30H2,1-3H3. The van der Waals surface area contributed by atoms with Gasteiger partial charge in [0.1, 0.15) is 5.69 Å². The van der Waals surface area contributed by atoms with Gasteiger partial charge < -0.3 is 10.8 Å². The van der Waals surface area contributed by atoms with Gasteiger partial charge in [0.25, 0.3) is 0 Å². The zero-order valence-corrected chi connectivity index (χ0v) is 19.8. The Labute approximate surface area is 203 Å². The molecule has 3 N–H and O–H groups in total. The van der Waals surface area contributed by atoms with Crippen molar-refractivity contribution in [3.63, 3.8) is 0 Å². The van der Waals surface area contributed by atoms with Crippen LogP contribution >= 0.6 is 0 Å². The number of fused-ring (bicyclic) bond motifs is 2. The summed E-state index contributed by atoms with van der Waals surface area (Å²) in [6, 6.07) is 25.2. The van der Waals surface area contributed by atoms with E-state index in [4.69, 9.17) is 5.73 Å². The molecule has 0 radical (unpaired) electrons. The summed E-state index contributed by atoms with van der Waals surface area (Å²) in [5, 5.41) is 32.2. The Morgan fingerprint density at radius 1 is 0.600 bits per heavy atom. The van der Waals surface area contributed by atoms with Gasteiger partial charge in [0.05, 0.1) is 17.1 Å². The molecule has 0 saturated carbocycles. The first kappa shape index (κ1) is 22.2. The highest BCUT2D eigenvalue weighted by Gasteiger charge is 2.12. The largest absolute Gasteiger partial charge is 0.505 e. The molecule has 35 heavy (non-hydrogen) atoms. The molecule has 0 aromatic heterocycles. The molecule has 5 aromatic rings. The minimum atomic E-state index is 0.0695. The van der Waals surface area contributed by atoms with Gasteiger partial charge in [-0.1, -0.05) is 41.5 Å². The summed E-state index contributed by atoms with van der Waals surface area (Å²) in [4.78, 5) is 0. The van der Waals surface area contributed by atoms with E-state index >= 15 is 0 Å². The second-order valence-corrected chi connectivity index (χ2v) is 8.76. The van der Waals surface area contributed by atoms with Crippen molar-refractivity contribution in [1.82, 2.24) is 0 Å². The number of hydrogen-bond acceptors (Lipinski definition) is 6. The molecular weight excluding hydrogens is 434 g/mol. The van der Waals surface area contributed by atoms with E-state index in [9.17, 15) is 5.11 Å². The molecule has 0 amide bonds. The van der Waals surface area contributed by atoms with Gasteiger partial charge in [-0.3, -0.25) is 0 Å². The third-order valence-electron chi connectivity index (χ3n) is 5.99. The maximum Gasteiger partial charge on any atom is 0.151 e. The quantitative estimate of drug-likeness (QED) is 0.207. The van der Waals surface area contributed by atoms with Crippen molar-refractivity contribution in [2.24, 2.45) is 20.5 Å². The van der Waals surface area contributed by atoms with Gasteiger partial charge in [-0.2, -0.15) is 5.11 Å². The average Bonchev–Trinajstić information content (AvgIpc) is 2.84. The lowest BCUT2D eigenvalue weighted by Crippen LogP contribution is -1.86. The highest BCUT2D eigenvalue weighted by atomic mass is 16.3. The number of nitrogens with zero attached hydrogens (tertiary/aromatic N) is 4. The minimum Gasteiger partial charge on any atom is -0.505 e. The van der Waals surface area contributed by atoms with Crippen LogP contribution in [-0.2, 0) is 0 Å². The first-order valence-corrected chi connectivity index (χ1v) is 11.3. The molecule has 0 heterocycles. The monoisotopic (exact) mass is 459 g/mol. The van der Waals surface area contributed by atoms with E-state index in [2.05, 4.69) is 26.5 Å². The SMILES string of the molecule is Cc1ccc(N=Nc2ccc(N=Nc3c(C)cc4ccc(N)cc4c3O)c3cc(C)ccc23)cc1. The molecule has 0 unspecified atom stereocenters. The average molecular weight is 460 g/mol. The van der Waals surface area contributed by atoms with Crippen LogP contribution in [0.25, 0.3) is 21.5 Å². The Morgan fingerprint density at radius 2 is 1.29 bits per heavy atom. The van der Waals surface area contributed by atoms with E-state index in [0.29, 0.717) is 22.4 Å². The number of nitrogens with two attached hydrogens (primary N) is 1. The maximum atomic E-state index is 10.9. The van der Waals surface area contributed by atoms with E-state index in [-0.39, 0.29) is 5.75 Å². The molecule has 0 saturated heterocycles. The number of phenols is 1. The first-order valence-electron chi connectivity index (χ1n) is 11.3. The molecular formula is C29H25N5O. The third kappa shape index (κ3) is 4.46. The predicted molar refractivity (Wildman–Crippen MR) is 143 cm³/mol. The fourth-order valence-corrected chi connectivity index (χ4v) is 4.08. The minimum absolute atomic E-state index is 0.0695. The van der Waals surface area contributed by atoms with Gasteiger partial charge in [-0.15, -0.1) is 15.3 Å². The Morgan fingerprint density at radius 3 is 2.06 bits per heavy atom. The second-order valence-electron chi connectivity index (χ2n) is 8.76. The van der Waals surface area contributed by atoms with Crippen LogP contribution in [0.4, 0.5) is 28.4 Å². The zero-order valence-electron chi connectivity index (χ0n) is 19.8. The Kier molecular flexibility index (Phi) is 5.71. The molecule has 6 heteroatoms. The molecule has 5 aromatic carbocycles. The summed E-state index contributed by atoms with van der Waals surface area (Å²) in [7, 11) is 0. The Hall–Kier alpha value is -4.58. The van der Waals surface area contributed by atoms with Crippen LogP contribution in [0.15, 0.2) is 99.3 Å². The fourth-order valence-electron chi connectivity index (χ4n) is 4.08. The molecule has 5 rings (SSSR count). The van der Waals surface area contributed by atoms with E-state index in [0.717, 1.165) is 38.7 Å². The number of nitrogen functional groups attached to an aromatic ring is 1. The summed E-state index contributed by atoms with van der Waals surface area (Å²) in [6.07, 6.45) is 0. The summed E-state index contributed by atoms with van der Waals surface area (Å²) >= 11 is 0. The van der Waals surface area contributed by atoms with Crippen molar-refractivity contribution >= 4 is 50.0 Å². The lowest BCUT2D eigenvalue weighted by atomic mass is 10.0. The van der Waals surface area contributed by atoms with Gasteiger partial charge in [-0.05, 0) is 80.3 Å². The van der Waals surface area contributed by atoms with E-state index in [1.807, 2.05) is 87.5 Å². The van der Waals surface area contributed by atoms with Crippen molar-refractivity contribution in [1.29, 1.82) is 0 Å². The smallest absolute Gasteiger partial charge is 0.151 e. The van der Waals surface area contributed by atoms with Gasteiger partial charge in [-0.25, -0.2) is 0 Å². The summed E-state index contributed by atoms with van der Waals surface area (Å²) in [5.41, 5.74) is 12.3. The Balaban J connectivity index is 1.57. The van der Waals surface area contributed by atoms with Crippen LogP contribution in [-0.4, -0.2) is 5.11 Å². The summed E-state index contributed by atoms with van der Waals surface area (Å²) in [5.74, 6) is 0.0695. The number of benzene rings is 5. The molecule has 0 aliphatic carbocycles. The number of phenolic OH excluding ortho intramolecular Hbond substituents is 1. The number of aromatic hydroxyl groups is 1. The van der Waals surface area contributed by atoms with Crippen LogP contribution in [0.2, 0.25) is 0 Å². The van der Waals surface area contributed by atoms with Crippen molar-refractivity contribution in [2.75, 3.05) is 5.73 Å². The lowest BCUT2D eigenvalue weighted by molar-refractivity contribution is 0.482. The molecule has 0 atom stereocenters. The van der Waals surface area contributed by atoms with Crippen LogP contribution in [0.1, 0.15) is 16.7 Å². The normalized spacial score (nSPS) is 11.9. The lowest BCUT2D eigenvalue weighted by Gasteiger charge is -2.09. The number of anilines is 1. The Bertz CT molecular complexity index is 1640. The number of hydrogen-bond donors (Lipinski definition) is 2. The molecule has 0 aliphatic heterocycles. The van der Waals surface area contributed by atoms with Crippen molar-refractivity contribution in [3.05, 3.63) is 95.6 Å². The summed E-state index contributed by atoms with van der Waals surface area (Å²) in [6.45, 7) is 5.98. The number of aryl methyl sites for hydroxylation is 3. The van der Waals surface area contributed by atoms with E-state index in [1.165, 1.54) is 5.56 Å². The topological polar surface area (TPSA) is 95.7 Å². The van der Waals surface area contributed by atoms with Crippen LogP contribution in [0, 0.1) is 20.8 Å². The van der Waals surface area contributed by atoms with Gasteiger partial charge in [0.15, 0.2) is 5.75 Å². The van der Waals surface area contributed by atoms with Crippen LogP contribution in [0.3, 0.4) is 0 Å². The molecule has 172 valence electrons. The van der Waals surface area contributed by atoms with Crippen molar-refractivity contribution in [3.8, 4) is 5.75 Å². The molecule has 0 aliphatic rings. The summed E-state index contributed by atoms with van der Waals surface area (Å²) < 4.78 is 0. The molecule has 6 nitrogen and oxygen atoms in total. The molecule has 0 spiro atoms. The van der Waals surface area contributed by atoms with Gasteiger partial charge >= 0.3 is 0 Å². The fraction of sp³-hybridized carbons (Fsp3) is 0.103. The van der Waals surface area contributed by atoms with Crippen molar-refractivity contribution < 1.29 is 5.11 Å². The first-order chi connectivity index (χ1) is 16.9. The van der Waals surface area contributed by atoms with E-state index < -0.39 is 0 Å². The van der Waals surface area contributed by atoms with Gasteiger partial charge in [0.2, 0.25) is 0 Å².